The van der Waals surface area contributed by atoms with E-state index in [-0.39, 0.29) is 16.3 Å². The first-order valence-corrected chi connectivity index (χ1v) is 11.0. The van der Waals surface area contributed by atoms with E-state index in [1.807, 2.05) is 0 Å². The van der Waals surface area contributed by atoms with Gasteiger partial charge in [0.1, 0.15) is 18.6 Å². The normalized spacial score (nSPS) is 16.5. The third-order valence-electron chi connectivity index (χ3n) is 5.18. The van der Waals surface area contributed by atoms with Gasteiger partial charge in [-0.05, 0) is 32.0 Å². The molecule has 0 atom stereocenters. The van der Waals surface area contributed by atoms with Gasteiger partial charge in [-0.2, -0.15) is 4.31 Å². The van der Waals surface area contributed by atoms with Crippen LogP contribution in [0.4, 0.5) is 0 Å². The SMILES string of the molecule is CCN(CC)S(=O)(=O)c1cccc(C(=O)NCC(C)(C)[NH+]2CCOCC2)c1. The van der Waals surface area contributed by atoms with Crippen molar-refractivity contribution >= 4 is 15.9 Å². The lowest BCUT2D eigenvalue weighted by Gasteiger charge is -2.37. The number of sulfonamides is 1. The molecule has 0 bridgehead atoms. The molecule has 2 N–H and O–H groups in total. The fourth-order valence-corrected chi connectivity index (χ4v) is 4.84. The smallest absolute Gasteiger partial charge is 0.251 e. The summed E-state index contributed by atoms with van der Waals surface area (Å²) < 4.78 is 32.1. The van der Waals surface area contributed by atoms with E-state index in [0.717, 1.165) is 26.3 Å². The highest BCUT2D eigenvalue weighted by molar-refractivity contribution is 7.89. The maximum Gasteiger partial charge on any atom is 0.251 e. The number of carbonyl (C=O) groups is 1. The van der Waals surface area contributed by atoms with Crippen LogP contribution < -0.4 is 10.2 Å². The number of hydrogen-bond donors (Lipinski definition) is 2. The molecule has 1 aromatic rings. The molecule has 0 aliphatic carbocycles. The average molecular weight is 399 g/mol. The van der Waals surface area contributed by atoms with Crippen LogP contribution in [-0.4, -0.2) is 70.1 Å². The van der Waals surface area contributed by atoms with Gasteiger partial charge in [-0.15, -0.1) is 0 Å². The molecule has 1 aliphatic heterocycles. The Bertz CT molecular complexity index is 739. The molecule has 1 fully saturated rings. The van der Waals surface area contributed by atoms with Crippen molar-refractivity contribution in [3.63, 3.8) is 0 Å². The molecular weight excluding hydrogens is 366 g/mol. The second kappa shape index (κ2) is 9.14. The third kappa shape index (κ3) is 5.28. The van der Waals surface area contributed by atoms with Gasteiger partial charge in [-0.1, -0.05) is 19.9 Å². The van der Waals surface area contributed by atoms with Crippen LogP contribution in [0.5, 0.6) is 0 Å². The summed E-state index contributed by atoms with van der Waals surface area (Å²) in [5.74, 6) is -0.257. The Kier molecular flexibility index (Phi) is 7.39. The van der Waals surface area contributed by atoms with Gasteiger partial charge in [-0.25, -0.2) is 8.42 Å². The van der Waals surface area contributed by atoms with E-state index in [1.165, 1.54) is 21.3 Å². The maximum absolute atomic E-state index is 12.7. The van der Waals surface area contributed by atoms with Gasteiger partial charge in [0.2, 0.25) is 10.0 Å². The van der Waals surface area contributed by atoms with Crippen LogP contribution in [0.15, 0.2) is 29.2 Å². The fraction of sp³-hybridized carbons (Fsp3) is 0.632. The Morgan fingerprint density at radius 3 is 2.44 bits per heavy atom. The summed E-state index contributed by atoms with van der Waals surface area (Å²) in [7, 11) is -3.58. The molecule has 0 spiro atoms. The zero-order valence-electron chi connectivity index (χ0n) is 16.7. The number of nitrogens with zero attached hydrogens (tertiary/aromatic N) is 1. The third-order valence-corrected chi connectivity index (χ3v) is 7.23. The van der Waals surface area contributed by atoms with E-state index in [2.05, 4.69) is 19.2 Å². The van der Waals surface area contributed by atoms with Crippen LogP contribution in [0.3, 0.4) is 0 Å². The summed E-state index contributed by atoms with van der Waals surface area (Å²) in [6.45, 7) is 12.4. The van der Waals surface area contributed by atoms with Gasteiger partial charge < -0.3 is 15.0 Å². The molecule has 1 aromatic carbocycles. The predicted molar refractivity (Wildman–Crippen MR) is 104 cm³/mol. The number of quaternary nitrogens is 1. The van der Waals surface area contributed by atoms with Crippen LogP contribution in [0.25, 0.3) is 0 Å². The molecule has 1 saturated heterocycles. The number of rotatable bonds is 8. The van der Waals surface area contributed by atoms with Crippen molar-refractivity contribution in [3.8, 4) is 0 Å². The van der Waals surface area contributed by atoms with E-state index in [0.29, 0.717) is 25.2 Å². The van der Waals surface area contributed by atoms with Crippen molar-refractivity contribution in [2.24, 2.45) is 0 Å². The predicted octanol–water partition coefficient (Wildman–Crippen LogP) is 0.141. The number of nitrogens with one attached hydrogen (secondary N) is 2. The second-order valence-electron chi connectivity index (χ2n) is 7.40. The summed E-state index contributed by atoms with van der Waals surface area (Å²) in [4.78, 5) is 14.2. The molecule has 0 saturated carbocycles. The van der Waals surface area contributed by atoms with Crippen molar-refractivity contribution in [1.29, 1.82) is 0 Å². The van der Waals surface area contributed by atoms with Gasteiger partial charge in [-0.3, -0.25) is 4.79 Å². The molecule has 0 unspecified atom stereocenters. The average Bonchev–Trinajstić information content (AvgIpc) is 2.67. The Hall–Kier alpha value is -1.48. The molecule has 7 nitrogen and oxygen atoms in total. The molecule has 0 aromatic heterocycles. The lowest BCUT2D eigenvalue weighted by molar-refractivity contribution is -0.954. The van der Waals surface area contributed by atoms with E-state index in [1.54, 1.807) is 26.0 Å². The molecule has 8 heteroatoms. The minimum Gasteiger partial charge on any atom is -0.370 e. The lowest BCUT2D eigenvalue weighted by atomic mass is 10.0. The molecule has 1 aliphatic rings. The zero-order chi connectivity index (χ0) is 20.1. The van der Waals surface area contributed by atoms with E-state index in [9.17, 15) is 13.2 Å². The summed E-state index contributed by atoms with van der Waals surface area (Å²) in [6, 6.07) is 6.25. The van der Waals surface area contributed by atoms with Crippen LogP contribution in [0.2, 0.25) is 0 Å². The fourth-order valence-electron chi connectivity index (χ4n) is 3.33. The standard InChI is InChI=1S/C19H31N3O4S/c1-5-22(6-2)27(24,25)17-9-7-8-16(14-17)18(23)20-15-19(3,4)21-10-12-26-13-11-21/h7-9,14H,5-6,10-13,15H2,1-4H3,(H,20,23)/p+1. The van der Waals surface area contributed by atoms with Gasteiger partial charge in [0.05, 0.1) is 24.7 Å². The Balaban J connectivity index is 2.09. The number of ether oxygens (including phenoxy) is 1. The molecule has 1 amide bonds. The largest absolute Gasteiger partial charge is 0.370 e. The van der Waals surface area contributed by atoms with Crippen molar-refractivity contribution in [2.75, 3.05) is 45.9 Å². The minimum absolute atomic E-state index is 0.121. The molecule has 2 rings (SSSR count). The summed E-state index contributed by atoms with van der Waals surface area (Å²) in [5.41, 5.74) is 0.237. The van der Waals surface area contributed by atoms with Crippen LogP contribution in [-0.2, 0) is 14.8 Å². The minimum atomic E-state index is -3.58. The molecule has 1 heterocycles. The quantitative estimate of drug-likeness (QED) is 0.653. The molecule has 152 valence electrons. The Morgan fingerprint density at radius 1 is 1.22 bits per heavy atom. The highest BCUT2D eigenvalue weighted by Gasteiger charge is 2.32. The van der Waals surface area contributed by atoms with Crippen LogP contribution >= 0.6 is 0 Å². The topological polar surface area (TPSA) is 80.2 Å². The van der Waals surface area contributed by atoms with Gasteiger partial charge in [0.25, 0.3) is 5.91 Å². The van der Waals surface area contributed by atoms with Crippen molar-refractivity contribution in [2.45, 2.75) is 38.1 Å². The summed E-state index contributed by atoms with van der Waals surface area (Å²) in [5, 5.41) is 2.96. The maximum atomic E-state index is 12.7. The van der Waals surface area contributed by atoms with Crippen LogP contribution in [0.1, 0.15) is 38.1 Å². The first-order valence-electron chi connectivity index (χ1n) is 9.53. The van der Waals surface area contributed by atoms with Crippen molar-refractivity contribution in [1.82, 2.24) is 9.62 Å². The van der Waals surface area contributed by atoms with E-state index in [4.69, 9.17) is 4.74 Å². The van der Waals surface area contributed by atoms with Gasteiger partial charge in [0.15, 0.2) is 0 Å². The highest BCUT2D eigenvalue weighted by atomic mass is 32.2. The van der Waals surface area contributed by atoms with Crippen LogP contribution in [0, 0.1) is 0 Å². The number of benzene rings is 1. The summed E-state index contributed by atoms with van der Waals surface area (Å²) in [6.07, 6.45) is 0. The van der Waals surface area contributed by atoms with Crippen molar-refractivity contribution < 1.29 is 22.8 Å². The Morgan fingerprint density at radius 2 is 1.85 bits per heavy atom. The lowest BCUT2D eigenvalue weighted by Crippen LogP contribution is -3.22. The Labute approximate surface area is 162 Å². The second-order valence-corrected chi connectivity index (χ2v) is 9.34. The number of morpholine rings is 1. The first-order chi connectivity index (χ1) is 12.7. The highest BCUT2D eigenvalue weighted by Crippen LogP contribution is 2.17. The first kappa shape index (κ1) is 21.8. The van der Waals surface area contributed by atoms with E-state index < -0.39 is 10.0 Å². The number of hydrogen-bond acceptors (Lipinski definition) is 4. The molecule has 0 radical (unpaired) electrons. The number of amides is 1. The van der Waals surface area contributed by atoms with Crippen molar-refractivity contribution in [3.05, 3.63) is 29.8 Å². The monoisotopic (exact) mass is 398 g/mol. The summed E-state index contributed by atoms with van der Waals surface area (Å²) >= 11 is 0. The molecule has 27 heavy (non-hydrogen) atoms. The molecular formula is C19H32N3O4S+. The number of carbonyl (C=O) groups excluding carboxylic acids is 1. The van der Waals surface area contributed by atoms with E-state index >= 15 is 0 Å². The zero-order valence-corrected chi connectivity index (χ0v) is 17.6. The van der Waals surface area contributed by atoms with Gasteiger partial charge >= 0.3 is 0 Å². The van der Waals surface area contributed by atoms with Gasteiger partial charge in [0, 0.05) is 18.7 Å².